The predicted octanol–water partition coefficient (Wildman–Crippen LogP) is 3.81. The van der Waals surface area contributed by atoms with Gasteiger partial charge in [0, 0.05) is 25.0 Å². The summed E-state index contributed by atoms with van der Waals surface area (Å²) in [4.78, 5) is 8.87. The van der Waals surface area contributed by atoms with Gasteiger partial charge in [0.25, 0.3) is 0 Å². The molecule has 0 spiro atoms. The standard InChI is InChI=1S/C16H23N3OSi/c1-13(18-12-16-17-10-11-19(16)2)14-8-6-7-9-15(14)20-21(3,4)5/h6-13H,1-5H3. The third-order valence-corrected chi connectivity index (χ3v) is 3.89. The molecule has 1 unspecified atom stereocenters. The van der Waals surface area contributed by atoms with Crippen LogP contribution in [0, 0.1) is 0 Å². The molecule has 1 aromatic carbocycles. The number of rotatable bonds is 5. The fourth-order valence-electron chi connectivity index (χ4n) is 2.01. The van der Waals surface area contributed by atoms with Gasteiger partial charge in [-0.3, -0.25) is 4.99 Å². The minimum absolute atomic E-state index is 0.0363. The number of para-hydroxylation sites is 1. The second-order valence-electron chi connectivity index (χ2n) is 6.10. The lowest BCUT2D eigenvalue weighted by Gasteiger charge is -2.22. The molecule has 0 aliphatic carbocycles. The van der Waals surface area contributed by atoms with Gasteiger partial charge >= 0.3 is 0 Å². The van der Waals surface area contributed by atoms with Crippen LogP contribution in [0.2, 0.25) is 19.6 Å². The first kappa shape index (κ1) is 15.5. The van der Waals surface area contributed by atoms with Crippen LogP contribution in [0.4, 0.5) is 0 Å². The summed E-state index contributed by atoms with van der Waals surface area (Å²) < 4.78 is 8.10. The Labute approximate surface area is 127 Å². The van der Waals surface area contributed by atoms with Crippen molar-refractivity contribution in [3.05, 3.63) is 48.0 Å². The minimum Gasteiger partial charge on any atom is -0.544 e. The molecule has 112 valence electrons. The molecular formula is C16H23N3OSi. The Balaban J connectivity index is 2.21. The topological polar surface area (TPSA) is 39.4 Å². The van der Waals surface area contributed by atoms with Crippen molar-refractivity contribution in [3.63, 3.8) is 0 Å². The van der Waals surface area contributed by atoms with Gasteiger partial charge in [0.1, 0.15) is 11.6 Å². The fraction of sp³-hybridized carbons (Fsp3) is 0.375. The Morgan fingerprint density at radius 2 is 2.00 bits per heavy atom. The maximum atomic E-state index is 6.16. The van der Waals surface area contributed by atoms with E-state index in [2.05, 4.69) is 42.6 Å². The van der Waals surface area contributed by atoms with Crippen LogP contribution in [0.3, 0.4) is 0 Å². The van der Waals surface area contributed by atoms with Gasteiger partial charge in [-0.25, -0.2) is 4.98 Å². The maximum absolute atomic E-state index is 6.16. The summed E-state index contributed by atoms with van der Waals surface area (Å²) in [6, 6.07) is 8.18. The Bertz CT molecular complexity index is 628. The predicted molar refractivity (Wildman–Crippen MR) is 89.6 cm³/mol. The normalized spacial score (nSPS) is 13.6. The molecule has 0 aliphatic rings. The number of aromatic nitrogens is 2. The summed E-state index contributed by atoms with van der Waals surface area (Å²) in [5.41, 5.74) is 1.12. The first-order valence-electron chi connectivity index (χ1n) is 7.15. The summed E-state index contributed by atoms with van der Waals surface area (Å²) >= 11 is 0. The van der Waals surface area contributed by atoms with Gasteiger partial charge in [-0.05, 0) is 32.6 Å². The molecule has 2 rings (SSSR count). The first-order chi connectivity index (χ1) is 9.87. The highest BCUT2D eigenvalue weighted by molar-refractivity contribution is 6.70. The molecule has 0 fully saturated rings. The van der Waals surface area contributed by atoms with Gasteiger partial charge in [0.2, 0.25) is 8.32 Å². The van der Waals surface area contributed by atoms with E-state index >= 15 is 0 Å². The Morgan fingerprint density at radius 3 is 2.62 bits per heavy atom. The molecular weight excluding hydrogens is 278 g/mol. The Kier molecular flexibility index (Phi) is 4.62. The van der Waals surface area contributed by atoms with E-state index in [0.29, 0.717) is 0 Å². The molecule has 0 aliphatic heterocycles. The third-order valence-electron chi connectivity index (χ3n) is 3.06. The number of benzene rings is 1. The summed E-state index contributed by atoms with van der Waals surface area (Å²) in [7, 11) is 0.331. The molecule has 0 radical (unpaired) electrons. The van der Waals surface area contributed by atoms with Crippen molar-refractivity contribution in [2.24, 2.45) is 12.0 Å². The van der Waals surface area contributed by atoms with E-state index < -0.39 is 8.32 Å². The number of nitrogens with zero attached hydrogens (tertiary/aromatic N) is 3. The third kappa shape index (κ3) is 4.29. The molecule has 0 saturated heterocycles. The van der Waals surface area contributed by atoms with E-state index in [0.717, 1.165) is 17.1 Å². The molecule has 5 heteroatoms. The second kappa shape index (κ2) is 6.26. The van der Waals surface area contributed by atoms with E-state index in [9.17, 15) is 0 Å². The highest BCUT2D eigenvalue weighted by Gasteiger charge is 2.19. The summed E-state index contributed by atoms with van der Waals surface area (Å²) in [6.07, 6.45) is 5.50. The van der Waals surface area contributed by atoms with Crippen LogP contribution in [-0.4, -0.2) is 24.1 Å². The zero-order valence-electron chi connectivity index (χ0n) is 13.4. The van der Waals surface area contributed by atoms with Crippen LogP contribution in [0.1, 0.15) is 24.4 Å². The van der Waals surface area contributed by atoms with Crippen LogP contribution >= 0.6 is 0 Å². The van der Waals surface area contributed by atoms with Gasteiger partial charge in [-0.1, -0.05) is 18.2 Å². The average molecular weight is 301 g/mol. The Hall–Kier alpha value is -1.88. The molecule has 21 heavy (non-hydrogen) atoms. The number of aryl methyl sites for hydroxylation is 1. The highest BCUT2D eigenvalue weighted by atomic mass is 28.4. The van der Waals surface area contributed by atoms with Crippen molar-refractivity contribution in [1.82, 2.24) is 9.55 Å². The van der Waals surface area contributed by atoms with Crippen molar-refractivity contribution in [3.8, 4) is 5.75 Å². The zero-order valence-corrected chi connectivity index (χ0v) is 14.4. The lowest BCUT2D eigenvalue weighted by Crippen LogP contribution is -2.29. The van der Waals surface area contributed by atoms with Gasteiger partial charge < -0.3 is 8.99 Å². The Morgan fingerprint density at radius 1 is 1.29 bits per heavy atom. The average Bonchev–Trinajstić information content (AvgIpc) is 2.80. The molecule has 2 aromatic rings. The molecule has 1 atom stereocenters. The molecule has 0 N–H and O–H groups in total. The summed E-state index contributed by atoms with van der Waals surface area (Å²) in [6.45, 7) is 8.63. The number of hydrogen-bond donors (Lipinski definition) is 0. The molecule has 0 amide bonds. The van der Waals surface area contributed by atoms with Crippen molar-refractivity contribution >= 4 is 14.5 Å². The van der Waals surface area contributed by atoms with Crippen LogP contribution < -0.4 is 4.43 Å². The quantitative estimate of drug-likeness (QED) is 0.622. The largest absolute Gasteiger partial charge is 0.544 e. The molecule has 1 heterocycles. The molecule has 1 aromatic heterocycles. The summed E-state index contributed by atoms with van der Waals surface area (Å²) in [5, 5.41) is 0. The monoisotopic (exact) mass is 301 g/mol. The number of hydrogen-bond acceptors (Lipinski definition) is 3. The van der Waals surface area contributed by atoms with Crippen LogP contribution in [0.5, 0.6) is 5.75 Å². The van der Waals surface area contributed by atoms with Gasteiger partial charge in [-0.15, -0.1) is 0 Å². The van der Waals surface area contributed by atoms with Crippen molar-refractivity contribution in [1.29, 1.82) is 0 Å². The van der Waals surface area contributed by atoms with Crippen LogP contribution in [0.25, 0.3) is 0 Å². The molecule has 0 saturated carbocycles. The zero-order chi connectivity index (χ0) is 15.5. The minimum atomic E-state index is -1.63. The number of imidazole rings is 1. The van der Waals surface area contributed by atoms with Crippen molar-refractivity contribution < 1.29 is 4.43 Å². The molecule has 4 nitrogen and oxygen atoms in total. The molecule has 0 bridgehead atoms. The van der Waals surface area contributed by atoms with E-state index in [-0.39, 0.29) is 6.04 Å². The highest BCUT2D eigenvalue weighted by Crippen LogP contribution is 2.29. The SMILES string of the molecule is CC(N=Cc1nccn1C)c1ccccc1O[Si](C)(C)C. The van der Waals surface area contributed by atoms with E-state index in [1.54, 1.807) is 6.20 Å². The van der Waals surface area contributed by atoms with Crippen molar-refractivity contribution in [2.45, 2.75) is 32.6 Å². The van der Waals surface area contributed by atoms with Gasteiger partial charge in [0.05, 0.1) is 12.3 Å². The second-order valence-corrected chi connectivity index (χ2v) is 10.5. The lowest BCUT2D eigenvalue weighted by atomic mass is 10.1. The van der Waals surface area contributed by atoms with Crippen molar-refractivity contribution in [2.75, 3.05) is 0 Å². The van der Waals surface area contributed by atoms with Crippen LogP contribution in [-0.2, 0) is 7.05 Å². The van der Waals surface area contributed by atoms with E-state index in [1.807, 2.05) is 42.2 Å². The van der Waals surface area contributed by atoms with E-state index in [4.69, 9.17) is 4.43 Å². The maximum Gasteiger partial charge on any atom is 0.242 e. The van der Waals surface area contributed by atoms with Crippen LogP contribution in [0.15, 0.2) is 41.7 Å². The fourth-order valence-corrected chi connectivity index (χ4v) is 2.85. The number of aliphatic imine (C=N–C) groups is 1. The smallest absolute Gasteiger partial charge is 0.242 e. The summed E-state index contributed by atoms with van der Waals surface area (Å²) in [5.74, 6) is 1.80. The van der Waals surface area contributed by atoms with Gasteiger partial charge in [-0.2, -0.15) is 0 Å². The first-order valence-corrected chi connectivity index (χ1v) is 10.6. The lowest BCUT2D eigenvalue weighted by molar-refractivity contribution is 0.543. The van der Waals surface area contributed by atoms with Gasteiger partial charge in [0.15, 0.2) is 0 Å². The van der Waals surface area contributed by atoms with E-state index in [1.165, 1.54) is 0 Å².